The van der Waals surface area contributed by atoms with Gasteiger partial charge in [-0.2, -0.15) is 0 Å². The Morgan fingerprint density at radius 2 is 2.33 bits per heavy atom. The van der Waals surface area contributed by atoms with Crippen molar-refractivity contribution in [3.8, 4) is 0 Å². The molecule has 0 bridgehead atoms. The maximum absolute atomic E-state index is 11.3. The molecule has 0 saturated carbocycles. The molecule has 0 aliphatic carbocycles. The van der Waals surface area contributed by atoms with E-state index in [2.05, 4.69) is 4.74 Å². The number of ether oxygens (including phenoxy) is 1. The Morgan fingerprint density at radius 3 is 2.87 bits per heavy atom. The third kappa shape index (κ3) is 3.53. The molecular weight excluding hydrogens is 214 g/mol. The van der Waals surface area contributed by atoms with Gasteiger partial charge >= 0.3 is 5.97 Å². The molecule has 1 atom stereocenters. The zero-order valence-electron chi connectivity index (χ0n) is 8.57. The number of carbonyl (C=O) groups is 1. The minimum absolute atomic E-state index is 0.277. The number of nitrogens with two attached hydrogens (primary N) is 1. The van der Waals surface area contributed by atoms with Gasteiger partial charge in [0.2, 0.25) is 0 Å². The van der Waals surface area contributed by atoms with Crippen molar-refractivity contribution in [3.05, 3.63) is 34.9 Å². The van der Waals surface area contributed by atoms with Crippen LogP contribution in [0, 0.1) is 5.92 Å². The van der Waals surface area contributed by atoms with Gasteiger partial charge in [-0.25, -0.2) is 0 Å². The molecule has 4 heteroatoms. The molecule has 0 spiro atoms. The van der Waals surface area contributed by atoms with Crippen molar-refractivity contribution < 1.29 is 9.53 Å². The molecule has 15 heavy (non-hydrogen) atoms. The lowest BCUT2D eigenvalue weighted by Crippen LogP contribution is -2.26. The topological polar surface area (TPSA) is 52.3 Å². The van der Waals surface area contributed by atoms with Crippen LogP contribution in [0.3, 0.4) is 0 Å². The molecule has 1 unspecified atom stereocenters. The Bertz CT molecular complexity index is 341. The minimum atomic E-state index is -0.298. The summed E-state index contributed by atoms with van der Waals surface area (Å²) < 4.78 is 4.65. The van der Waals surface area contributed by atoms with Crippen molar-refractivity contribution in [1.82, 2.24) is 0 Å². The average molecular weight is 228 g/mol. The summed E-state index contributed by atoms with van der Waals surface area (Å²) in [6.45, 7) is 0.277. The van der Waals surface area contributed by atoms with Gasteiger partial charge in [-0.15, -0.1) is 0 Å². The number of benzene rings is 1. The fourth-order valence-corrected chi connectivity index (χ4v) is 1.59. The van der Waals surface area contributed by atoms with Gasteiger partial charge in [-0.1, -0.05) is 23.7 Å². The van der Waals surface area contributed by atoms with Crippen LogP contribution >= 0.6 is 11.6 Å². The van der Waals surface area contributed by atoms with Crippen LogP contribution in [0.25, 0.3) is 0 Å². The van der Waals surface area contributed by atoms with Gasteiger partial charge in [-0.05, 0) is 24.1 Å². The zero-order valence-corrected chi connectivity index (χ0v) is 9.33. The van der Waals surface area contributed by atoms with E-state index < -0.39 is 0 Å². The average Bonchev–Trinajstić information content (AvgIpc) is 2.25. The largest absolute Gasteiger partial charge is 0.469 e. The summed E-state index contributed by atoms with van der Waals surface area (Å²) in [6, 6.07) is 7.38. The second kappa shape index (κ2) is 5.73. The molecule has 82 valence electrons. The van der Waals surface area contributed by atoms with Gasteiger partial charge in [0.15, 0.2) is 0 Å². The second-order valence-corrected chi connectivity index (χ2v) is 3.73. The SMILES string of the molecule is COC(=O)C(CN)Cc1cccc(Cl)c1. The molecule has 1 aromatic carbocycles. The van der Waals surface area contributed by atoms with Crippen LogP contribution in [0.15, 0.2) is 24.3 Å². The maximum atomic E-state index is 11.3. The zero-order chi connectivity index (χ0) is 11.3. The van der Waals surface area contributed by atoms with Crippen LogP contribution in [-0.2, 0) is 16.0 Å². The van der Waals surface area contributed by atoms with Gasteiger partial charge in [0, 0.05) is 11.6 Å². The number of hydrogen-bond donors (Lipinski definition) is 1. The summed E-state index contributed by atoms with van der Waals surface area (Å²) in [5.41, 5.74) is 6.49. The van der Waals surface area contributed by atoms with E-state index in [1.54, 1.807) is 6.07 Å². The van der Waals surface area contributed by atoms with E-state index in [1.165, 1.54) is 7.11 Å². The molecule has 0 amide bonds. The Kier molecular flexibility index (Phi) is 4.59. The van der Waals surface area contributed by atoms with E-state index in [4.69, 9.17) is 17.3 Å². The maximum Gasteiger partial charge on any atom is 0.310 e. The standard InChI is InChI=1S/C11H14ClNO2/c1-15-11(14)9(7-13)5-8-3-2-4-10(12)6-8/h2-4,6,9H,5,7,13H2,1H3. The van der Waals surface area contributed by atoms with Crippen molar-refractivity contribution in [2.24, 2.45) is 11.7 Å². The van der Waals surface area contributed by atoms with Crippen molar-refractivity contribution in [2.45, 2.75) is 6.42 Å². The predicted molar refractivity (Wildman–Crippen MR) is 59.7 cm³/mol. The molecule has 1 rings (SSSR count). The van der Waals surface area contributed by atoms with Crippen LogP contribution < -0.4 is 5.73 Å². The van der Waals surface area contributed by atoms with Crippen molar-refractivity contribution in [2.75, 3.05) is 13.7 Å². The smallest absolute Gasteiger partial charge is 0.310 e. The van der Waals surface area contributed by atoms with E-state index in [1.807, 2.05) is 18.2 Å². The molecule has 0 aliphatic rings. The fraction of sp³-hybridized carbons (Fsp3) is 0.364. The van der Waals surface area contributed by atoms with Crippen LogP contribution in [0.4, 0.5) is 0 Å². The predicted octanol–water partition coefficient (Wildman–Crippen LogP) is 1.63. The molecule has 1 aromatic rings. The monoisotopic (exact) mass is 227 g/mol. The lowest BCUT2D eigenvalue weighted by atomic mass is 10.00. The number of rotatable bonds is 4. The second-order valence-electron chi connectivity index (χ2n) is 3.29. The molecule has 2 N–H and O–H groups in total. The third-order valence-corrected chi connectivity index (χ3v) is 2.43. The first-order chi connectivity index (χ1) is 7.17. The summed E-state index contributed by atoms with van der Waals surface area (Å²) in [5.74, 6) is -0.578. The summed E-state index contributed by atoms with van der Waals surface area (Å²) >= 11 is 5.84. The number of halogens is 1. The van der Waals surface area contributed by atoms with Gasteiger partial charge in [0.25, 0.3) is 0 Å². The lowest BCUT2D eigenvalue weighted by Gasteiger charge is -2.12. The number of hydrogen-bond acceptors (Lipinski definition) is 3. The van der Waals surface area contributed by atoms with E-state index >= 15 is 0 Å². The highest BCUT2D eigenvalue weighted by atomic mass is 35.5. The van der Waals surface area contributed by atoms with Crippen molar-refractivity contribution >= 4 is 17.6 Å². The number of carbonyl (C=O) groups excluding carboxylic acids is 1. The molecule has 3 nitrogen and oxygen atoms in total. The Morgan fingerprint density at radius 1 is 1.60 bits per heavy atom. The van der Waals surface area contributed by atoms with Gasteiger partial charge in [0.05, 0.1) is 13.0 Å². The normalized spacial score (nSPS) is 12.2. The van der Waals surface area contributed by atoms with Crippen LogP contribution in [0.1, 0.15) is 5.56 Å². The molecule has 0 radical (unpaired) electrons. The van der Waals surface area contributed by atoms with E-state index in [0.29, 0.717) is 11.4 Å². The van der Waals surface area contributed by atoms with Crippen molar-refractivity contribution in [3.63, 3.8) is 0 Å². The quantitative estimate of drug-likeness (QED) is 0.796. The molecule has 0 heterocycles. The summed E-state index contributed by atoms with van der Waals surface area (Å²) in [5, 5.41) is 0.660. The molecular formula is C11H14ClNO2. The Labute approximate surface area is 94.2 Å². The lowest BCUT2D eigenvalue weighted by molar-refractivity contribution is -0.145. The molecule has 0 fully saturated rings. The van der Waals surface area contributed by atoms with Crippen LogP contribution in [-0.4, -0.2) is 19.6 Å². The minimum Gasteiger partial charge on any atom is -0.469 e. The highest BCUT2D eigenvalue weighted by Crippen LogP contribution is 2.14. The fourth-order valence-electron chi connectivity index (χ4n) is 1.38. The molecule has 0 aromatic heterocycles. The first-order valence-electron chi connectivity index (χ1n) is 4.69. The number of methoxy groups -OCH3 is 1. The van der Waals surface area contributed by atoms with E-state index in [9.17, 15) is 4.79 Å². The summed E-state index contributed by atoms with van der Waals surface area (Å²) in [7, 11) is 1.36. The van der Waals surface area contributed by atoms with Gasteiger partial charge < -0.3 is 10.5 Å². The Balaban J connectivity index is 2.70. The molecule has 0 saturated heterocycles. The highest BCUT2D eigenvalue weighted by molar-refractivity contribution is 6.30. The highest BCUT2D eigenvalue weighted by Gasteiger charge is 2.17. The summed E-state index contributed by atoms with van der Waals surface area (Å²) in [6.07, 6.45) is 0.559. The van der Waals surface area contributed by atoms with E-state index in [0.717, 1.165) is 5.56 Å². The molecule has 0 aliphatic heterocycles. The van der Waals surface area contributed by atoms with Crippen molar-refractivity contribution in [1.29, 1.82) is 0 Å². The van der Waals surface area contributed by atoms with E-state index in [-0.39, 0.29) is 18.4 Å². The van der Waals surface area contributed by atoms with Gasteiger partial charge in [0.1, 0.15) is 0 Å². The van der Waals surface area contributed by atoms with Crippen LogP contribution in [0.5, 0.6) is 0 Å². The van der Waals surface area contributed by atoms with Gasteiger partial charge in [-0.3, -0.25) is 4.79 Å². The first-order valence-corrected chi connectivity index (χ1v) is 5.07. The van der Waals surface area contributed by atoms with Crippen LogP contribution in [0.2, 0.25) is 5.02 Å². The third-order valence-electron chi connectivity index (χ3n) is 2.19. The Hall–Kier alpha value is -1.06. The number of esters is 1. The summed E-state index contributed by atoms with van der Waals surface area (Å²) in [4.78, 5) is 11.3. The first kappa shape index (κ1) is 12.0.